The fraction of sp³-hybridized carbons (Fsp3) is 0.0769. The molecule has 0 aliphatic rings. The van der Waals surface area contributed by atoms with Gasteiger partial charge in [0.2, 0.25) is 0 Å². The van der Waals surface area contributed by atoms with Crippen LogP contribution in [0.15, 0.2) is 34.9 Å². The predicted octanol–water partition coefficient (Wildman–Crippen LogP) is 2.77. The first-order valence-electron chi connectivity index (χ1n) is 5.01. The van der Waals surface area contributed by atoms with Crippen molar-refractivity contribution < 1.29 is 19.1 Å². The smallest absolute Gasteiger partial charge is 0.336 e. The number of carboxylic acid groups (broad SMARTS) is 1. The van der Waals surface area contributed by atoms with Gasteiger partial charge in [-0.05, 0) is 24.6 Å². The zero-order chi connectivity index (χ0) is 12.4. The van der Waals surface area contributed by atoms with Crippen LogP contribution >= 0.6 is 0 Å². The van der Waals surface area contributed by atoms with Crippen LogP contribution in [-0.2, 0) is 0 Å². The zero-order valence-electron chi connectivity index (χ0n) is 9.14. The van der Waals surface area contributed by atoms with E-state index in [-0.39, 0.29) is 11.3 Å². The summed E-state index contributed by atoms with van der Waals surface area (Å²) in [6.45, 7) is 1.79. The molecule has 4 heteroatoms. The second-order valence-corrected chi connectivity index (χ2v) is 3.62. The molecule has 0 fully saturated rings. The molecule has 2 rings (SSSR count). The number of aromatic carboxylic acids is 1. The lowest BCUT2D eigenvalue weighted by Crippen LogP contribution is -2.01. The van der Waals surface area contributed by atoms with Crippen LogP contribution in [0.4, 0.5) is 0 Å². The van der Waals surface area contributed by atoms with Crippen LogP contribution in [0.1, 0.15) is 26.5 Å². The summed E-state index contributed by atoms with van der Waals surface area (Å²) in [7, 11) is 0. The molecule has 0 saturated heterocycles. The number of carboxylic acids is 1. The van der Waals surface area contributed by atoms with E-state index < -0.39 is 5.97 Å². The maximum absolute atomic E-state index is 11.1. The highest BCUT2D eigenvalue weighted by Gasteiger charge is 2.17. The molecule has 0 unspecified atom stereocenters. The van der Waals surface area contributed by atoms with Gasteiger partial charge in [-0.1, -0.05) is 12.1 Å². The van der Waals surface area contributed by atoms with Crippen LogP contribution in [0.25, 0.3) is 11.1 Å². The van der Waals surface area contributed by atoms with Gasteiger partial charge in [0.25, 0.3) is 0 Å². The molecule has 0 aliphatic carbocycles. The number of carbonyl (C=O) groups excluding carboxylic acids is 1. The van der Waals surface area contributed by atoms with E-state index in [1.54, 1.807) is 25.1 Å². The number of carbonyl (C=O) groups is 2. The minimum absolute atomic E-state index is 0.141. The topological polar surface area (TPSA) is 67.5 Å². The Bertz CT molecular complexity index is 581. The van der Waals surface area contributed by atoms with E-state index in [4.69, 9.17) is 9.52 Å². The summed E-state index contributed by atoms with van der Waals surface area (Å²) in [5.74, 6) is -0.886. The van der Waals surface area contributed by atoms with Crippen LogP contribution in [-0.4, -0.2) is 17.4 Å². The molecule has 0 atom stereocenters. The monoisotopic (exact) mass is 230 g/mol. The minimum atomic E-state index is -1.03. The van der Waals surface area contributed by atoms with E-state index in [9.17, 15) is 9.59 Å². The van der Waals surface area contributed by atoms with Crippen LogP contribution in [0.2, 0.25) is 0 Å². The lowest BCUT2D eigenvalue weighted by Gasteiger charge is -2.08. The molecule has 1 N–H and O–H groups in total. The normalized spacial score (nSPS) is 10.2. The Balaban J connectivity index is 2.74. The number of aryl methyl sites for hydroxylation is 1. The summed E-state index contributed by atoms with van der Waals surface area (Å²) < 4.78 is 5.00. The van der Waals surface area contributed by atoms with Gasteiger partial charge < -0.3 is 9.52 Å². The van der Waals surface area contributed by atoms with Gasteiger partial charge in [0.1, 0.15) is 0 Å². The molecule has 0 aliphatic heterocycles. The molecule has 0 spiro atoms. The Morgan fingerprint density at radius 3 is 2.76 bits per heavy atom. The molecule has 0 saturated carbocycles. The quantitative estimate of drug-likeness (QED) is 0.823. The summed E-state index contributed by atoms with van der Waals surface area (Å²) in [6, 6.07) is 6.57. The molecule has 86 valence electrons. The molecule has 1 aromatic carbocycles. The van der Waals surface area contributed by atoms with Gasteiger partial charge >= 0.3 is 5.97 Å². The third-order valence-electron chi connectivity index (χ3n) is 2.57. The molecule has 2 aromatic rings. The maximum Gasteiger partial charge on any atom is 0.336 e. The molecule has 17 heavy (non-hydrogen) atoms. The van der Waals surface area contributed by atoms with E-state index in [2.05, 4.69) is 0 Å². The van der Waals surface area contributed by atoms with Gasteiger partial charge in [0.15, 0.2) is 12.0 Å². The van der Waals surface area contributed by atoms with Crippen LogP contribution < -0.4 is 0 Å². The zero-order valence-corrected chi connectivity index (χ0v) is 9.14. The fourth-order valence-electron chi connectivity index (χ4n) is 1.82. The van der Waals surface area contributed by atoms with E-state index in [0.717, 1.165) is 5.56 Å². The van der Waals surface area contributed by atoms with Gasteiger partial charge in [-0.2, -0.15) is 0 Å². The highest BCUT2D eigenvalue weighted by atomic mass is 16.4. The molecular formula is C13H10O4. The van der Waals surface area contributed by atoms with Crippen molar-refractivity contribution in [2.45, 2.75) is 6.92 Å². The van der Waals surface area contributed by atoms with E-state index in [1.165, 1.54) is 12.3 Å². The second kappa shape index (κ2) is 4.25. The first-order valence-corrected chi connectivity index (χ1v) is 5.01. The summed E-state index contributed by atoms with van der Waals surface area (Å²) in [6.07, 6.45) is 1.95. The molecular weight excluding hydrogens is 220 g/mol. The van der Waals surface area contributed by atoms with Gasteiger partial charge in [0, 0.05) is 11.1 Å². The third-order valence-corrected chi connectivity index (χ3v) is 2.57. The largest absolute Gasteiger partial charge is 0.478 e. The summed E-state index contributed by atoms with van der Waals surface area (Å²) >= 11 is 0. The summed E-state index contributed by atoms with van der Waals surface area (Å²) in [5, 5.41) is 9.13. The Morgan fingerprint density at radius 2 is 2.12 bits per heavy atom. The average Bonchev–Trinajstić information content (AvgIpc) is 2.76. The molecule has 4 nitrogen and oxygen atoms in total. The van der Waals surface area contributed by atoms with E-state index in [1.807, 2.05) is 0 Å². The molecule has 0 amide bonds. The highest BCUT2D eigenvalue weighted by Crippen LogP contribution is 2.30. The van der Waals surface area contributed by atoms with E-state index >= 15 is 0 Å². The number of furan rings is 1. The van der Waals surface area contributed by atoms with Gasteiger partial charge in [-0.15, -0.1) is 0 Å². The van der Waals surface area contributed by atoms with Crippen molar-refractivity contribution in [3.05, 3.63) is 47.4 Å². The second-order valence-electron chi connectivity index (χ2n) is 3.62. The van der Waals surface area contributed by atoms with Crippen LogP contribution in [0, 0.1) is 6.92 Å². The van der Waals surface area contributed by atoms with Gasteiger partial charge in [-0.25, -0.2) is 4.79 Å². The Hall–Kier alpha value is -2.36. The molecule has 1 aromatic heterocycles. The number of hydrogen-bond acceptors (Lipinski definition) is 3. The van der Waals surface area contributed by atoms with Crippen molar-refractivity contribution in [3.63, 3.8) is 0 Å². The fourth-order valence-corrected chi connectivity index (χ4v) is 1.82. The van der Waals surface area contributed by atoms with Crippen molar-refractivity contribution in [3.8, 4) is 11.1 Å². The summed E-state index contributed by atoms with van der Waals surface area (Å²) in [5.41, 5.74) is 1.98. The van der Waals surface area contributed by atoms with Crippen LogP contribution in [0.3, 0.4) is 0 Å². The first-order chi connectivity index (χ1) is 8.15. The third kappa shape index (κ3) is 1.85. The van der Waals surface area contributed by atoms with Crippen LogP contribution in [0.5, 0.6) is 0 Å². The number of benzene rings is 1. The lowest BCUT2D eigenvalue weighted by molar-refractivity contribution is 0.0697. The molecule has 0 radical (unpaired) electrons. The van der Waals surface area contributed by atoms with Crippen molar-refractivity contribution in [2.24, 2.45) is 0 Å². The first kappa shape index (κ1) is 11.1. The Kier molecular flexibility index (Phi) is 2.78. The summed E-state index contributed by atoms with van der Waals surface area (Å²) in [4.78, 5) is 22.0. The number of rotatable bonds is 3. The average molecular weight is 230 g/mol. The Morgan fingerprint density at radius 1 is 1.35 bits per heavy atom. The van der Waals surface area contributed by atoms with Crippen molar-refractivity contribution in [1.82, 2.24) is 0 Å². The maximum atomic E-state index is 11.1. The Labute approximate surface area is 97.5 Å². The van der Waals surface area contributed by atoms with E-state index in [0.29, 0.717) is 17.4 Å². The van der Waals surface area contributed by atoms with Crippen molar-refractivity contribution >= 4 is 12.3 Å². The predicted molar refractivity (Wildman–Crippen MR) is 61.2 cm³/mol. The molecule has 0 bridgehead atoms. The van der Waals surface area contributed by atoms with Gasteiger partial charge in [-0.3, -0.25) is 4.79 Å². The standard InChI is InChI=1S/C13H10O4/c1-8-3-2-4-10(13(15)16)12(8)9-5-6-17-11(9)7-14/h2-7H,1H3,(H,15,16). The minimum Gasteiger partial charge on any atom is -0.478 e. The SMILES string of the molecule is Cc1cccc(C(=O)O)c1-c1ccoc1C=O. The van der Waals surface area contributed by atoms with Gasteiger partial charge in [0.05, 0.1) is 11.8 Å². The van der Waals surface area contributed by atoms with Crippen molar-refractivity contribution in [1.29, 1.82) is 0 Å². The lowest BCUT2D eigenvalue weighted by atomic mass is 9.95. The molecule has 1 heterocycles. The van der Waals surface area contributed by atoms with Crippen molar-refractivity contribution in [2.75, 3.05) is 0 Å². The highest BCUT2D eigenvalue weighted by molar-refractivity contribution is 5.99. The number of hydrogen-bond donors (Lipinski definition) is 1. The number of aldehydes is 1.